The van der Waals surface area contributed by atoms with Crippen LogP contribution in [0.5, 0.6) is 0 Å². The Bertz CT molecular complexity index is 1100. The number of nitrogens with zero attached hydrogens (tertiary/aromatic N) is 4. The number of nitrogens with one attached hydrogen (secondary N) is 1. The zero-order valence-corrected chi connectivity index (χ0v) is 13.7. The highest BCUT2D eigenvalue weighted by Crippen LogP contribution is 2.21. The molecule has 6 nitrogen and oxygen atoms in total. The van der Waals surface area contributed by atoms with E-state index in [1.165, 1.54) is 4.57 Å². The average molecular weight is 350 g/mol. The van der Waals surface area contributed by atoms with E-state index in [0.717, 1.165) is 0 Å². The minimum Gasteiger partial charge on any atom is -0.308 e. The summed E-state index contributed by atoms with van der Waals surface area (Å²) in [5, 5.41) is 11.8. The maximum absolute atomic E-state index is 13.1. The second kappa shape index (κ2) is 6.33. The molecular formula is C18H12ClN5O. The molecule has 0 amide bonds. The molecular weight excluding hydrogens is 338 g/mol. The van der Waals surface area contributed by atoms with Crippen LogP contribution < -0.4 is 10.9 Å². The van der Waals surface area contributed by atoms with Crippen LogP contribution in [0.3, 0.4) is 0 Å². The van der Waals surface area contributed by atoms with Crippen LogP contribution in [0, 0.1) is 0 Å². The first-order valence-corrected chi connectivity index (χ1v) is 7.92. The van der Waals surface area contributed by atoms with Gasteiger partial charge in [0.15, 0.2) is 5.82 Å². The second-order valence-electron chi connectivity index (χ2n) is 5.31. The summed E-state index contributed by atoms with van der Waals surface area (Å²) in [4.78, 5) is 17.7. The van der Waals surface area contributed by atoms with Crippen LogP contribution in [0.15, 0.2) is 71.7 Å². The molecule has 0 radical (unpaired) electrons. The lowest BCUT2D eigenvalue weighted by Crippen LogP contribution is -2.23. The van der Waals surface area contributed by atoms with Crippen LogP contribution in [0.2, 0.25) is 5.02 Å². The Kier molecular flexibility index (Phi) is 3.87. The van der Waals surface area contributed by atoms with Crippen molar-refractivity contribution in [2.75, 3.05) is 5.32 Å². The number of anilines is 2. The molecule has 122 valence electrons. The lowest BCUT2D eigenvalue weighted by atomic mass is 10.2. The third kappa shape index (κ3) is 2.95. The van der Waals surface area contributed by atoms with E-state index < -0.39 is 0 Å². The monoisotopic (exact) mass is 349 g/mol. The Morgan fingerprint density at radius 3 is 2.60 bits per heavy atom. The highest BCUT2D eigenvalue weighted by atomic mass is 35.5. The molecule has 4 aromatic rings. The molecule has 1 N–H and O–H groups in total. The van der Waals surface area contributed by atoms with E-state index in [0.29, 0.717) is 33.4 Å². The van der Waals surface area contributed by atoms with Crippen LogP contribution in [-0.4, -0.2) is 19.7 Å². The molecule has 0 fully saturated rings. The first-order chi connectivity index (χ1) is 12.2. The van der Waals surface area contributed by atoms with E-state index in [9.17, 15) is 4.79 Å². The molecule has 2 heterocycles. The standard InChI is InChI=1S/C18H12ClN5O/c19-12-8-9-15-14(11-12)17(25)24(13-5-2-1-3-6-13)18(21-15)22-16-7-4-10-20-23-16/h1-11H,(H,21,22,23). The normalized spacial score (nSPS) is 10.8. The van der Waals surface area contributed by atoms with Crippen LogP contribution in [0.25, 0.3) is 16.6 Å². The van der Waals surface area contributed by atoms with Gasteiger partial charge in [0.2, 0.25) is 5.95 Å². The van der Waals surface area contributed by atoms with Gasteiger partial charge in [0.1, 0.15) is 0 Å². The number of aromatic nitrogens is 4. The van der Waals surface area contributed by atoms with Gasteiger partial charge in [-0.15, -0.1) is 5.10 Å². The largest absolute Gasteiger partial charge is 0.308 e. The van der Waals surface area contributed by atoms with Crippen molar-refractivity contribution in [3.63, 3.8) is 0 Å². The third-order valence-electron chi connectivity index (χ3n) is 3.66. The molecule has 0 aliphatic heterocycles. The van der Waals surface area contributed by atoms with Gasteiger partial charge in [0, 0.05) is 11.2 Å². The van der Waals surface area contributed by atoms with Crippen molar-refractivity contribution < 1.29 is 0 Å². The SMILES string of the molecule is O=c1c2cc(Cl)ccc2nc(Nc2cccnn2)n1-c1ccccc1. The quantitative estimate of drug-likeness (QED) is 0.612. The van der Waals surface area contributed by atoms with Crippen molar-refractivity contribution in [2.45, 2.75) is 0 Å². The predicted octanol–water partition coefficient (Wildman–Crippen LogP) is 3.57. The molecule has 0 atom stereocenters. The molecule has 7 heteroatoms. The molecule has 2 aromatic heterocycles. The van der Waals surface area contributed by atoms with Gasteiger partial charge >= 0.3 is 0 Å². The van der Waals surface area contributed by atoms with E-state index in [-0.39, 0.29) is 5.56 Å². The van der Waals surface area contributed by atoms with E-state index in [1.807, 2.05) is 30.3 Å². The predicted molar refractivity (Wildman–Crippen MR) is 97.7 cm³/mol. The molecule has 0 unspecified atom stereocenters. The van der Waals surface area contributed by atoms with Crippen molar-refractivity contribution in [3.8, 4) is 5.69 Å². The summed E-state index contributed by atoms with van der Waals surface area (Å²) in [6.45, 7) is 0. The number of hydrogen-bond acceptors (Lipinski definition) is 5. The Morgan fingerprint density at radius 2 is 1.84 bits per heavy atom. The molecule has 0 spiro atoms. The fraction of sp³-hybridized carbons (Fsp3) is 0. The highest BCUT2D eigenvalue weighted by Gasteiger charge is 2.13. The maximum atomic E-state index is 13.1. The van der Waals surface area contributed by atoms with Crippen molar-refractivity contribution in [1.82, 2.24) is 19.7 Å². The van der Waals surface area contributed by atoms with Crippen LogP contribution in [0.1, 0.15) is 0 Å². The van der Waals surface area contributed by atoms with Gasteiger partial charge in [-0.05, 0) is 42.5 Å². The summed E-state index contributed by atoms with van der Waals surface area (Å²) in [6.07, 6.45) is 1.57. The maximum Gasteiger partial charge on any atom is 0.267 e. The van der Waals surface area contributed by atoms with Crippen LogP contribution in [0.4, 0.5) is 11.8 Å². The fourth-order valence-corrected chi connectivity index (χ4v) is 2.71. The molecule has 0 saturated carbocycles. The van der Waals surface area contributed by atoms with E-state index >= 15 is 0 Å². The van der Waals surface area contributed by atoms with E-state index in [4.69, 9.17) is 11.6 Å². The minimum absolute atomic E-state index is 0.218. The summed E-state index contributed by atoms with van der Waals surface area (Å²) in [5.41, 5.74) is 1.02. The molecule has 4 rings (SSSR count). The van der Waals surface area contributed by atoms with Crippen molar-refractivity contribution in [3.05, 3.63) is 82.2 Å². The summed E-state index contributed by atoms with van der Waals surface area (Å²) in [7, 11) is 0. The zero-order valence-electron chi connectivity index (χ0n) is 12.9. The Morgan fingerprint density at radius 1 is 1.00 bits per heavy atom. The van der Waals surface area contributed by atoms with Gasteiger partial charge in [0.05, 0.1) is 16.6 Å². The van der Waals surface area contributed by atoms with Gasteiger partial charge in [0.25, 0.3) is 5.56 Å². The molecule has 25 heavy (non-hydrogen) atoms. The molecule has 0 aliphatic rings. The number of rotatable bonds is 3. The topological polar surface area (TPSA) is 72.7 Å². The Labute approximate surface area is 147 Å². The first kappa shape index (κ1) is 15.3. The van der Waals surface area contributed by atoms with Gasteiger partial charge < -0.3 is 5.32 Å². The van der Waals surface area contributed by atoms with Crippen LogP contribution >= 0.6 is 11.6 Å². The number of benzene rings is 2. The van der Waals surface area contributed by atoms with Crippen molar-refractivity contribution >= 4 is 34.3 Å². The highest BCUT2D eigenvalue weighted by molar-refractivity contribution is 6.31. The van der Waals surface area contributed by atoms with Gasteiger partial charge in [-0.25, -0.2) is 9.55 Å². The van der Waals surface area contributed by atoms with Crippen molar-refractivity contribution in [2.24, 2.45) is 0 Å². The zero-order chi connectivity index (χ0) is 17.2. The minimum atomic E-state index is -0.218. The molecule has 2 aromatic carbocycles. The summed E-state index contributed by atoms with van der Waals surface area (Å²) in [5.74, 6) is 0.846. The van der Waals surface area contributed by atoms with E-state index in [1.54, 1.807) is 36.5 Å². The Hall–Kier alpha value is -3.25. The summed E-state index contributed by atoms with van der Waals surface area (Å²) < 4.78 is 1.49. The van der Waals surface area contributed by atoms with Crippen LogP contribution in [-0.2, 0) is 0 Å². The first-order valence-electron chi connectivity index (χ1n) is 7.55. The number of fused-ring (bicyclic) bond motifs is 1. The number of halogens is 1. The lowest BCUT2D eigenvalue weighted by molar-refractivity contribution is 0.959. The van der Waals surface area contributed by atoms with Gasteiger partial charge in [-0.2, -0.15) is 5.10 Å². The second-order valence-corrected chi connectivity index (χ2v) is 5.74. The smallest absolute Gasteiger partial charge is 0.267 e. The molecule has 0 aliphatic carbocycles. The lowest BCUT2D eigenvalue weighted by Gasteiger charge is -2.14. The van der Waals surface area contributed by atoms with E-state index in [2.05, 4.69) is 20.5 Å². The van der Waals surface area contributed by atoms with Gasteiger partial charge in [-0.1, -0.05) is 29.8 Å². The van der Waals surface area contributed by atoms with Gasteiger partial charge in [-0.3, -0.25) is 4.79 Å². The fourth-order valence-electron chi connectivity index (χ4n) is 2.54. The molecule has 0 saturated heterocycles. The average Bonchev–Trinajstić information content (AvgIpc) is 2.64. The summed E-state index contributed by atoms with van der Waals surface area (Å²) >= 11 is 6.05. The number of hydrogen-bond donors (Lipinski definition) is 1. The van der Waals surface area contributed by atoms with Crippen molar-refractivity contribution in [1.29, 1.82) is 0 Å². The number of para-hydroxylation sites is 1. The third-order valence-corrected chi connectivity index (χ3v) is 3.89. The Balaban J connectivity index is 1.99. The summed E-state index contributed by atoms with van der Waals surface area (Å²) in [6, 6.07) is 17.8. The molecule has 0 bridgehead atoms.